The van der Waals surface area contributed by atoms with E-state index in [4.69, 9.17) is 22.1 Å². The third-order valence-electron chi connectivity index (χ3n) is 2.24. The average Bonchev–Trinajstić information content (AvgIpc) is 2.22. The van der Waals surface area contributed by atoms with Crippen LogP contribution in [0.2, 0.25) is 5.02 Å². The normalized spacial score (nSPS) is 12.2. The molecule has 3 nitrogen and oxygen atoms in total. The van der Waals surface area contributed by atoms with Crippen LogP contribution in [0.1, 0.15) is 37.0 Å². The Morgan fingerprint density at radius 2 is 2.25 bits per heavy atom. The molecule has 0 amide bonds. The minimum absolute atomic E-state index is 0.0752. The molecule has 0 heterocycles. The quantitative estimate of drug-likeness (QED) is 0.650. The zero-order chi connectivity index (χ0) is 12.1. The van der Waals surface area contributed by atoms with Crippen LogP contribution in [0.15, 0.2) is 18.2 Å². The third kappa shape index (κ3) is 3.42. The largest absolute Gasteiger partial charge is 0.459 e. The number of nitrogen functional groups attached to an aromatic ring is 1. The first-order valence-electron chi connectivity index (χ1n) is 5.30. The Kier molecular flexibility index (Phi) is 4.62. The van der Waals surface area contributed by atoms with Crippen LogP contribution in [0.4, 0.5) is 5.69 Å². The first-order valence-corrected chi connectivity index (χ1v) is 5.68. The van der Waals surface area contributed by atoms with E-state index in [0.29, 0.717) is 16.3 Å². The van der Waals surface area contributed by atoms with Gasteiger partial charge in [0, 0.05) is 0 Å². The number of anilines is 1. The lowest BCUT2D eigenvalue weighted by Gasteiger charge is -2.12. The topological polar surface area (TPSA) is 52.3 Å². The SMILES string of the molecule is CCCC(C)OC(=O)c1ccc(N)c(Cl)c1. The summed E-state index contributed by atoms with van der Waals surface area (Å²) in [6.45, 7) is 3.92. The number of esters is 1. The molecule has 1 unspecified atom stereocenters. The number of benzene rings is 1. The van der Waals surface area contributed by atoms with Crippen molar-refractivity contribution in [3.63, 3.8) is 0 Å². The van der Waals surface area contributed by atoms with Crippen LogP contribution in [0.3, 0.4) is 0 Å². The molecule has 0 radical (unpaired) electrons. The lowest BCUT2D eigenvalue weighted by atomic mass is 10.2. The highest BCUT2D eigenvalue weighted by Gasteiger charge is 2.12. The summed E-state index contributed by atoms with van der Waals surface area (Å²) in [4.78, 5) is 11.7. The van der Waals surface area contributed by atoms with Crippen molar-refractivity contribution in [1.82, 2.24) is 0 Å². The van der Waals surface area contributed by atoms with Crippen molar-refractivity contribution in [1.29, 1.82) is 0 Å². The van der Waals surface area contributed by atoms with Gasteiger partial charge in [-0.1, -0.05) is 24.9 Å². The minimum atomic E-state index is -0.358. The first-order chi connectivity index (χ1) is 7.54. The number of ether oxygens (including phenoxy) is 1. The standard InChI is InChI=1S/C12H16ClNO2/c1-3-4-8(2)16-12(15)9-5-6-11(14)10(13)7-9/h5-8H,3-4,14H2,1-2H3. The summed E-state index contributed by atoms with van der Waals surface area (Å²) in [5.74, 6) is -0.358. The molecule has 0 saturated carbocycles. The van der Waals surface area contributed by atoms with Gasteiger partial charge in [-0.15, -0.1) is 0 Å². The molecule has 0 spiro atoms. The molecule has 0 bridgehead atoms. The summed E-state index contributed by atoms with van der Waals surface area (Å²) in [5, 5.41) is 0.373. The van der Waals surface area contributed by atoms with Crippen molar-refractivity contribution in [2.75, 3.05) is 5.73 Å². The first kappa shape index (κ1) is 12.8. The van der Waals surface area contributed by atoms with E-state index in [1.807, 2.05) is 13.8 Å². The maximum absolute atomic E-state index is 11.7. The Morgan fingerprint density at radius 1 is 1.56 bits per heavy atom. The molecule has 2 N–H and O–H groups in total. The fourth-order valence-electron chi connectivity index (χ4n) is 1.37. The van der Waals surface area contributed by atoms with Crippen molar-refractivity contribution in [3.05, 3.63) is 28.8 Å². The van der Waals surface area contributed by atoms with E-state index in [2.05, 4.69) is 0 Å². The van der Waals surface area contributed by atoms with Crippen LogP contribution in [0.5, 0.6) is 0 Å². The smallest absolute Gasteiger partial charge is 0.338 e. The van der Waals surface area contributed by atoms with Gasteiger partial charge in [0.15, 0.2) is 0 Å². The average molecular weight is 242 g/mol. The van der Waals surface area contributed by atoms with Gasteiger partial charge in [0.05, 0.1) is 22.4 Å². The summed E-state index contributed by atoms with van der Waals surface area (Å²) in [7, 11) is 0. The second-order valence-electron chi connectivity index (χ2n) is 3.74. The molecule has 88 valence electrons. The van der Waals surface area contributed by atoms with Crippen molar-refractivity contribution in [2.24, 2.45) is 0 Å². The van der Waals surface area contributed by atoms with Gasteiger partial charge in [-0.3, -0.25) is 0 Å². The van der Waals surface area contributed by atoms with Crippen LogP contribution < -0.4 is 5.73 Å². The highest BCUT2D eigenvalue weighted by Crippen LogP contribution is 2.20. The number of hydrogen-bond acceptors (Lipinski definition) is 3. The fraction of sp³-hybridized carbons (Fsp3) is 0.417. The number of nitrogens with two attached hydrogens (primary N) is 1. The molecule has 1 rings (SSSR count). The zero-order valence-corrected chi connectivity index (χ0v) is 10.3. The van der Waals surface area contributed by atoms with E-state index in [0.717, 1.165) is 12.8 Å². The predicted molar refractivity (Wildman–Crippen MR) is 65.6 cm³/mol. The minimum Gasteiger partial charge on any atom is -0.459 e. The van der Waals surface area contributed by atoms with Gasteiger partial charge in [0.1, 0.15) is 0 Å². The highest BCUT2D eigenvalue weighted by molar-refractivity contribution is 6.33. The Hall–Kier alpha value is -1.22. The molecular weight excluding hydrogens is 226 g/mol. The van der Waals surface area contributed by atoms with Crippen molar-refractivity contribution < 1.29 is 9.53 Å². The summed E-state index contributed by atoms with van der Waals surface area (Å²) >= 11 is 5.82. The second kappa shape index (κ2) is 5.75. The van der Waals surface area contributed by atoms with Crippen LogP contribution in [-0.4, -0.2) is 12.1 Å². The predicted octanol–water partition coefficient (Wildman–Crippen LogP) is 3.27. The molecule has 0 saturated heterocycles. The molecule has 1 aromatic carbocycles. The fourth-order valence-corrected chi connectivity index (χ4v) is 1.55. The van der Waals surface area contributed by atoms with Crippen molar-refractivity contribution in [3.8, 4) is 0 Å². The van der Waals surface area contributed by atoms with Crippen LogP contribution in [0, 0.1) is 0 Å². The van der Waals surface area contributed by atoms with Crippen molar-refractivity contribution >= 4 is 23.3 Å². The highest BCUT2D eigenvalue weighted by atomic mass is 35.5. The molecule has 16 heavy (non-hydrogen) atoms. The molecule has 0 aliphatic carbocycles. The van der Waals surface area contributed by atoms with Gasteiger partial charge >= 0.3 is 5.97 Å². The zero-order valence-electron chi connectivity index (χ0n) is 9.50. The Labute approximate surface area is 101 Å². The van der Waals surface area contributed by atoms with E-state index in [1.54, 1.807) is 12.1 Å². The number of carbonyl (C=O) groups excluding carboxylic acids is 1. The Morgan fingerprint density at radius 3 is 2.81 bits per heavy atom. The van der Waals surface area contributed by atoms with E-state index >= 15 is 0 Å². The molecular formula is C12H16ClNO2. The number of carbonyl (C=O) groups is 1. The van der Waals surface area contributed by atoms with E-state index < -0.39 is 0 Å². The van der Waals surface area contributed by atoms with Crippen LogP contribution >= 0.6 is 11.6 Å². The van der Waals surface area contributed by atoms with Gasteiger partial charge in [0.2, 0.25) is 0 Å². The van der Waals surface area contributed by atoms with Crippen LogP contribution in [0.25, 0.3) is 0 Å². The molecule has 1 aromatic rings. The van der Waals surface area contributed by atoms with Gasteiger partial charge in [-0.25, -0.2) is 4.79 Å². The van der Waals surface area contributed by atoms with E-state index in [9.17, 15) is 4.79 Å². The molecule has 0 aliphatic heterocycles. The molecule has 1 atom stereocenters. The number of rotatable bonds is 4. The van der Waals surface area contributed by atoms with Crippen molar-refractivity contribution in [2.45, 2.75) is 32.8 Å². The van der Waals surface area contributed by atoms with E-state index in [1.165, 1.54) is 6.07 Å². The lowest BCUT2D eigenvalue weighted by Crippen LogP contribution is -2.14. The van der Waals surface area contributed by atoms with Gasteiger partial charge in [0.25, 0.3) is 0 Å². The van der Waals surface area contributed by atoms with Crippen LogP contribution in [-0.2, 0) is 4.74 Å². The molecule has 0 aromatic heterocycles. The maximum Gasteiger partial charge on any atom is 0.338 e. The van der Waals surface area contributed by atoms with Gasteiger partial charge in [-0.05, 0) is 31.5 Å². The summed E-state index contributed by atoms with van der Waals surface area (Å²) in [6, 6.07) is 4.74. The summed E-state index contributed by atoms with van der Waals surface area (Å²) in [5.41, 5.74) is 6.44. The number of hydrogen-bond donors (Lipinski definition) is 1. The Balaban J connectivity index is 2.69. The van der Waals surface area contributed by atoms with Gasteiger partial charge < -0.3 is 10.5 Å². The van der Waals surface area contributed by atoms with Gasteiger partial charge in [-0.2, -0.15) is 0 Å². The monoisotopic (exact) mass is 241 g/mol. The number of halogens is 1. The molecule has 4 heteroatoms. The molecule has 0 fully saturated rings. The maximum atomic E-state index is 11.7. The second-order valence-corrected chi connectivity index (χ2v) is 4.15. The molecule has 0 aliphatic rings. The van der Waals surface area contributed by atoms with E-state index in [-0.39, 0.29) is 12.1 Å². The lowest BCUT2D eigenvalue weighted by molar-refractivity contribution is 0.0323. The summed E-state index contributed by atoms with van der Waals surface area (Å²) in [6.07, 6.45) is 1.76. The Bertz CT molecular complexity index is 379. The summed E-state index contributed by atoms with van der Waals surface area (Å²) < 4.78 is 5.23. The third-order valence-corrected chi connectivity index (χ3v) is 2.57.